The predicted molar refractivity (Wildman–Crippen MR) is 70.9 cm³/mol. The van der Waals surface area contributed by atoms with E-state index in [4.69, 9.17) is 28.9 Å². The summed E-state index contributed by atoms with van der Waals surface area (Å²) in [6, 6.07) is 5.82. The zero-order chi connectivity index (χ0) is 11.3. The van der Waals surface area contributed by atoms with Crippen LogP contribution in [0.4, 0.5) is 0 Å². The van der Waals surface area contributed by atoms with E-state index < -0.39 is 0 Å². The number of hydrogen-bond donors (Lipinski definition) is 1. The molecule has 0 saturated heterocycles. The van der Waals surface area contributed by atoms with Crippen molar-refractivity contribution in [1.82, 2.24) is 0 Å². The van der Waals surface area contributed by atoms with Gasteiger partial charge in [-0.3, -0.25) is 0 Å². The molecule has 0 aliphatic rings. The van der Waals surface area contributed by atoms with Gasteiger partial charge in [-0.1, -0.05) is 30.1 Å². The molecule has 0 spiro atoms. The largest absolute Gasteiger partial charge is 0.327 e. The van der Waals surface area contributed by atoms with E-state index in [2.05, 4.69) is 6.92 Å². The Hall–Kier alpha value is 0.110. The van der Waals surface area contributed by atoms with Crippen molar-refractivity contribution in [2.45, 2.75) is 25.1 Å². The third kappa shape index (κ3) is 4.64. The second-order valence-corrected chi connectivity index (χ2v) is 5.29. The lowest BCUT2D eigenvalue weighted by Crippen LogP contribution is -2.21. The molecule has 0 bridgehead atoms. The van der Waals surface area contributed by atoms with Gasteiger partial charge < -0.3 is 5.73 Å². The summed E-state index contributed by atoms with van der Waals surface area (Å²) in [5, 5.41) is 1.51. The summed E-state index contributed by atoms with van der Waals surface area (Å²) >= 11 is 13.7. The summed E-state index contributed by atoms with van der Waals surface area (Å²) < 4.78 is 0. The topological polar surface area (TPSA) is 26.0 Å². The van der Waals surface area contributed by atoms with Crippen LogP contribution in [-0.4, -0.2) is 11.8 Å². The molecule has 0 fully saturated rings. The van der Waals surface area contributed by atoms with Crippen LogP contribution >= 0.6 is 35.0 Å². The van der Waals surface area contributed by atoms with Gasteiger partial charge in [-0.15, -0.1) is 0 Å². The van der Waals surface area contributed by atoms with Gasteiger partial charge in [0.2, 0.25) is 0 Å². The maximum Gasteiger partial charge on any atom is 0.0447 e. The molecular formula is C11H15Cl2NS. The molecule has 1 nitrogen and oxygen atoms in total. The van der Waals surface area contributed by atoms with Crippen LogP contribution < -0.4 is 5.73 Å². The molecule has 0 heterocycles. The third-order valence-electron chi connectivity index (χ3n) is 2.12. The maximum absolute atomic E-state index is 6.04. The number of benzene rings is 1. The Morgan fingerprint density at radius 1 is 1.40 bits per heavy atom. The van der Waals surface area contributed by atoms with Crippen LogP contribution in [0.5, 0.6) is 0 Å². The Morgan fingerprint density at radius 3 is 2.80 bits per heavy atom. The Morgan fingerprint density at radius 2 is 2.13 bits per heavy atom. The highest BCUT2D eigenvalue weighted by Gasteiger charge is 2.03. The molecular weight excluding hydrogens is 249 g/mol. The summed E-state index contributed by atoms with van der Waals surface area (Å²) in [4.78, 5) is 0. The summed E-state index contributed by atoms with van der Waals surface area (Å²) in [6.45, 7) is 2.09. The predicted octanol–water partition coefficient (Wildman–Crippen LogP) is 3.96. The molecule has 0 aromatic heterocycles. The zero-order valence-corrected chi connectivity index (χ0v) is 11.0. The van der Waals surface area contributed by atoms with E-state index in [-0.39, 0.29) is 6.04 Å². The minimum Gasteiger partial charge on any atom is -0.327 e. The van der Waals surface area contributed by atoms with Crippen molar-refractivity contribution < 1.29 is 0 Å². The minimum atomic E-state index is 0.271. The van der Waals surface area contributed by atoms with Crippen molar-refractivity contribution in [2.24, 2.45) is 5.73 Å². The van der Waals surface area contributed by atoms with Crippen LogP contribution in [0, 0.1) is 0 Å². The van der Waals surface area contributed by atoms with Crippen LogP contribution in [0.2, 0.25) is 10.0 Å². The number of thioether (sulfide) groups is 1. The quantitative estimate of drug-likeness (QED) is 0.871. The van der Waals surface area contributed by atoms with Gasteiger partial charge in [-0.25, -0.2) is 0 Å². The molecule has 1 atom stereocenters. The fourth-order valence-corrected chi connectivity index (χ4v) is 2.67. The SMILES string of the molecule is CCC(N)CSCc1cc(Cl)ccc1Cl. The molecule has 4 heteroatoms. The fourth-order valence-electron chi connectivity index (χ4n) is 1.09. The van der Waals surface area contributed by atoms with E-state index in [1.165, 1.54) is 0 Å². The lowest BCUT2D eigenvalue weighted by atomic mass is 10.2. The lowest BCUT2D eigenvalue weighted by Gasteiger charge is -2.09. The molecule has 1 rings (SSSR count). The molecule has 15 heavy (non-hydrogen) atoms. The molecule has 0 amide bonds. The fraction of sp³-hybridized carbons (Fsp3) is 0.455. The summed E-state index contributed by atoms with van der Waals surface area (Å²) in [5.41, 5.74) is 6.91. The average Bonchev–Trinajstić information content (AvgIpc) is 2.23. The number of nitrogens with two attached hydrogens (primary N) is 1. The minimum absolute atomic E-state index is 0.271. The normalized spacial score (nSPS) is 12.8. The van der Waals surface area contributed by atoms with Crippen molar-refractivity contribution in [3.8, 4) is 0 Å². The summed E-state index contributed by atoms with van der Waals surface area (Å²) in [5.74, 6) is 1.83. The Bertz CT molecular complexity index is 317. The van der Waals surface area contributed by atoms with Crippen LogP contribution in [0.25, 0.3) is 0 Å². The first-order chi connectivity index (χ1) is 7.13. The standard InChI is InChI=1S/C11H15Cl2NS/c1-2-10(14)7-15-6-8-5-9(12)3-4-11(8)13/h3-5,10H,2,6-7,14H2,1H3. The highest BCUT2D eigenvalue weighted by molar-refractivity contribution is 7.98. The Labute approximate surface area is 105 Å². The molecule has 0 aliphatic heterocycles. The molecule has 1 aromatic rings. The van der Waals surface area contributed by atoms with Gasteiger partial charge in [-0.2, -0.15) is 11.8 Å². The first-order valence-electron chi connectivity index (χ1n) is 4.90. The van der Waals surface area contributed by atoms with Gasteiger partial charge in [0.1, 0.15) is 0 Å². The molecule has 84 valence electrons. The smallest absolute Gasteiger partial charge is 0.0447 e. The molecule has 1 unspecified atom stereocenters. The molecule has 1 aromatic carbocycles. The van der Waals surface area contributed by atoms with E-state index in [9.17, 15) is 0 Å². The second kappa shape index (κ2) is 6.64. The van der Waals surface area contributed by atoms with E-state index in [0.717, 1.165) is 33.5 Å². The van der Waals surface area contributed by atoms with Crippen molar-refractivity contribution in [2.75, 3.05) is 5.75 Å². The van der Waals surface area contributed by atoms with Gasteiger partial charge in [0.05, 0.1) is 0 Å². The van der Waals surface area contributed by atoms with Crippen molar-refractivity contribution in [3.63, 3.8) is 0 Å². The highest BCUT2D eigenvalue weighted by atomic mass is 35.5. The highest BCUT2D eigenvalue weighted by Crippen LogP contribution is 2.24. The van der Waals surface area contributed by atoms with Gasteiger partial charge in [0.25, 0.3) is 0 Å². The summed E-state index contributed by atoms with van der Waals surface area (Å²) in [7, 11) is 0. The van der Waals surface area contributed by atoms with E-state index in [0.29, 0.717) is 0 Å². The zero-order valence-electron chi connectivity index (χ0n) is 8.67. The van der Waals surface area contributed by atoms with E-state index >= 15 is 0 Å². The molecule has 2 N–H and O–H groups in total. The van der Waals surface area contributed by atoms with Crippen LogP contribution in [-0.2, 0) is 5.75 Å². The van der Waals surface area contributed by atoms with Gasteiger partial charge in [0.15, 0.2) is 0 Å². The molecule has 0 saturated carbocycles. The van der Waals surface area contributed by atoms with Crippen molar-refractivity contribution >= 4 is 35.0 Å². The van der Waals surface area contributed by atoms with Crippen LogP contribution in [0.3, 0.4) is 0 Å². The van der Waals surface area contributed by atoms with Crippen LogP contribution in [0.15, 0.2) is 18.2 Å². The van der Waals surface area contributed by atoms with E-state index in [1.54, 1.807) is 17.8 Å². The second-order valence-electron chi connectivity index (χ2n) is 3.42. The average molecular weight is 264 g/mol. The summed E-state index contributed by atoms with van der Waals surface area (Å²) in [6.07, 6.45) is 1.01. The lowest BCUT2D eigenvalue weighted by molar-refractivity contribution is 0.725. The first kappa shape index (κ1) is 13.2. The van der Waals surface area contributed by atoms with Gasteiger partial charge >= 0.3 is 0 Å². The van der Waals surface area contributed by atoms with Crippen LogP contribution in [0.1, 0.15) is 18.9 Å². The number of rotatable bonds is 5. The third-order valence-corrected chi connectivity index (χ3v) is 3.90. The number of hydrogen-bond acceptors (Lipinski definition) is 2. The molecule has 0 radical (unpaired) electrons. The first-order valence-corrected chi connectivity index (χ1v) is 6.81. The maximum atomic E-state index is 6.04. The van der Waals surface area contributed by atoms with Gasteiger partial charge in [-0.05, 0) is 30.2 Å². The van der Waals surface area contributed by atoms with Gasteiger partial charge in [0, 0.05) is 27.6 Å². The molecule has 0 aliphatic carbocycles. The van der Waals surface area contributed by atoms with E-state index in [1.807, 2.05) is 12.1 Å². The Kier molecular flexibility index (Phi) is 5.83. The van der Waals surface area contributed by atoms with Crippen molar-refractivity contribution in [3.05, 3.63) is 33.8 Å². The Balaban J connectivity index is 2.46. The monoisotopic (exact) mass is 263 g/mol. The number of halogens is 2. The van der Waals surface area contributed by atoms with Crippen molar-refractivity contribution in [1.29, 1.82) is 0 Å².